The molecule has 3 aromatic heterocycles. The van der Waals surface area contributed by atoms with Crippen LogP contribution < -0.4 is 10.1 Å². The van der Waals surface area contributed by atoms with E-state index in [4.69, 9.17) is 27.9 Å². The summed E-state index contributed by atoms with van der Waals surface area (Å²) in [4.78, 5) is 21.2. The van der Waals surface area contributed by atoms with E-state index in [1.807, 2.05) is 12.1 Å². The Morgan fingerprint density at radius 2 is 1.87 bits per heavy atom. The normalized spacial score (nSPS) is 11.6. The fourth-order valence-electron chi connectivity index (χ4n) is 3.66. The summed E-state index contributed by atoms with van der Waals surface area (Å²) >= 11 is 12.5. The highest BCUT2D eigenvalue weighted by atomic mass is 35.5. The molecule has 38 heavy (non-hydrogen) atoms. The zero-order valence-corrected chi connectivity index (χ0v) is 20.9. The number of carbonyl (C=O) groups excluding carboxylic acids is 1. The number of hydrogen-bond acceptors (Lipinski definition) is 6. The molecule has 0 spiro atoms. The van der Waals surface area contributed by atoms with Crippen molar-refractivity contribution < 1.29 is 22.7 Å². The van der Waals surface area contributed by atoms with Crippen LogP contribution in [-0.2, 0) is 12.7 Å². The highest BCUT2D eigenvalue weighted by Gasteiger charge is 2.37. The van der Waals surface area contributed by atoms with Gasteiger partial charge in [0.15, 0.2) is 17.0 Å². The number of nitrogens with one attached hydrogen (secondary N) is 1. The summed E-state index contributed by atoms with van der Waals surface area (Å²) in [7, 11) is 1.43. The van der Waals surface area contributed by atoms with Gasteiger partial charge in [0.2, 0.25) is 5.95 Å². The molecule has 9 nitrogen and oxygen atoms in total. The molecule has 0 bridgehead atoms. The summed E-state index contributed by atoms with van der Waals surface area (Å²) in [5.41, 5.74) is -0.885. The van der Waals surface area contributed by atoms with Gasteiger partial charge in [-0.15, -0.1) is 5.10 Å². The Kier molecular flexibility index (Phi) is 6.67. The lowest BCUT2D eigenvalue weighted by molar-refractivity contribution is -0.142. The molecule has 0 unspecified atom stereocenters. The molecule has 5 aromatic rings. The molecule has 5 rings (SSSR count). The highest BCUT2D eigenvalue weighted by Crippen LogP contribution is 2.35. The zero-order valence-electron chi connectivity index (χ0n) is 19.4. The summed E-state index contributed by atoms with van der Waals surface area (Å²) in [5, 5.41) is 10.5. The van der Waals surface area contributed by atoms with E-state index in [0.29, 0.717) is 20.9 Å². The highest BCUT2D eigenvalue weighted by molar-refractivity contribution is 6.37. The number of anilines is 1. The van der Waals surface area contributed by atoms with Crippen LogP contribution in [0.25, 0.3) is 16.9 Å². The number of alkyl halides is 3. The van der Waals surface area contributed by atoms with Gasteiger partial charge in [-0.25, -0.2) is 19.2 Å². The fraction of sp³-hybridized carbons (Fsp3) is 0.125. The van der Waals surface area contributed by atoms with Gasteiger partial charge in [-0.05, 0) is 29.8 Å². The number of benzene rings is 2. The Morgan fingerprint density at radius 1 is 1.08 bits per heavy atom. The van der Waals surface area contributed by atoms with Crippen molar-refractivity contribution in [2.24, 2.45) is 0 Å². The number of halogens is 5. The smallest absolute Gasteiger partial charge is 0.433 e. The number of carbonyl (C=O) groups is 1. The predicted octanol–water partition coefficient (Wildman–Crippen LogP) is 5.62. The van der Waals surface area contributed by atoms with Crippen molar-refractivity contribution in [3.63, 3.8) is 0 Å². The molecule has 2 aromatic carbocycles. The molecule has 3 heterocycles. The molecule has 0 aliphatic heterocycles. The fourth-order valence-corrected chi connectivity index (χ4v) is 4.10. The lowest BCUT2D eigenvalue weighted by Gasteiger charge is -2.11. The van der Waals surface area contributed by atoms with Crippen LogP contribution in [-0.4, -0.2) is 42.4 Å². The van der Waals surface area contributed by atoms with Crippen LogP contribution in [0.3, 0.4) is 0 Å². The number of methoxy groups -OCH3 is 1. The van der Waals surface area contributed by atoms with Crippen LogP contribution in [0.4, 0.5) is 19.1 Å². The number of rotatable bonds is 6. The Labute approximate surface area is 222 Å². The first-order valence-electron chi connectivity index (χ1n) is 10.9. The van der Waals surface area contributed by atoms with Crippen LogP contribution >= 0.6 is 23.2 Å². The van der Waals surface area contributed by atoms with Gasteiger partial charge < -0.3 is 4.74 Å². The van der Waals surface area contributed by atoms with Gasteiger partial charge in [0.1, 0.15) is 17.1 Å². The molecule has 1 amide bonds. The topological polar surface area (TPSA) is 99.2 Å². The first-order chi connectivity index (χ1) is 18.1. The number of hydrogen-bond donors (Lipinski definition) is 1. The lowest BCUT2D eigenvalue weighted by Crippen LogP contribution is -2.16. The third kappa shape index (κ3) is 5.00. The third-order valence-corrected chi connectivity index (χ3v) is 6.17. The SMILES string of the molecule is COc1cccc(-c2cc(C(F)(F)F)n3nc(C(=O)Nc4ncn(Cc5ccccc5Cl)n4)c(Cl)c3n2)c1. The second-order valence-corrected chi connectivity index (χ2v) is 8.75. The molecule has 0 fully saturated rings. The number of fused-ring (bicyclic) bond motifs is 1. The average molecular weight is 562 g/mol. The standard InChI is InChI=1S/C24H16Cl2F3N7O2/c1-38-15-7-4-6-13(9-15)17-10-18(24(27,28)29)36-21(31-17)19(26)20(33-36)22(37)32-23-30-12-35(34-23)11-14-5-2-3-8-16(14)25/h2-10,12H,11H2,1H3,(H,32,34,37). The van der Waals surface area contributed by atoms with Crippen molar-refractivity contribution in [1.29, 1.82) is 0 Å². The minimum Gasteiger partial charge on any atom is -0.497 e. The van der Waals surface area contributed by atoms with Crippen molar-refractivity contribution in [2.45, 2.75) is 12.7 Å². The van der Waals surface area contributed by atoms with E-state index in [1.54, 1.807) is 30.3 Å². The van der Waals surface area contributed by atoms with E-state index in [1.165, 1.54) is 24.2 Å². The molecule has 194 valence electrons. The van der Waals surface area contributed by atoms with Gasteiger partial charge in [0, 0.05) is 10.6 Å². The molecule has 0 atom stereocenters. The van der Waals surface area contributed by atoms with E-state index < -0.39 is 23.5 Å². The molecule has 0 saturated heterocycles. The number of aromatic nitrogens is 6. The minimum absolute atomic E-state index is 0.0301. The molecular weight excluding hydrogens is 546 g/mol. The van der Waals surface area contributed by atoms with E-state index in [0.717, 1.165) is 11.6 Å². The van der Waals surface area contributed by atoms with Crippen molar-refractivity contribution in [1.82, 2.24) is 29.4 Å². The van der Waals surface area contributed by atoms with Crippen LogP contribution in [0, 0.1) is 0 Å². The van der Waals surface area contributed by atoms with E-state index in [-0.39, 0.29) is 28.9 Å². The molecule has 14 heteroatoms. The van der Waals surface area contributed by atoms with E-state index in [2.05, 4.69) is 25.5 Å². The molecule has 1 N–H and O–H groups in total. The molecule has 0 aliphatic rings. The number of ether oxygens (including phenoxy) is 1. The molecule has 0 saturated carbocycles. The van der Waals surface area contributed by atoms with Crippen LogP contribution in [0.5, 0.6) is 5.75 Å². The summed E-state index contributed by atoms with van der Waals surface area (Å²) in [6.07, 6.45) is -3.45. The average Bonchev–Trinajstić information content (AvgIpc) is 3.48. The Hall–Kier alpha value is -4.16. The van der Waals surface area contributed by atoms with Gasteiger partial charge in [0.05, 0.1) is 19.3 Å². The van der Waals surface area contributed by atoms with Gasteiger partial charge in [0.25, 0.3) is 5.91 Å². The largest absolute Gasteiger partial charge is 0.497 e. The summed E-state index contributed by atoms with van der Waals surface area (Å²) in [6, 6.07) is 14.3. The van der Waals surface area contributed by atoms with Crippen molar-refractivity contribution in [2.75, 3.05) is 12.4 Å². The van der Waals surface area contributed by atoms with Gasteiger partial charge in [-0.3, -0.25) is 10.1 Å². The zero-order chi connectivity index (χ0) is 27.0. The number of nitrogens with zero attached hydrogens (tertiary/aromatic N) is 6. The van der Waals surface area contributed by atoms with Crippen molar-refractivity contribution in [3.05, 3.63) is 87.9 Å². The van der Waals surface area contributed by atoms with Crippen LogP contribution in [0.1, 0.15) is 21.7 Å². The first kappa shape index (κ1) is 25.5. The maximum absolute atomic E-state index is 14.0. The summed E-state index contributed by atoms with van der Waals surface area (Å²) < 4.78 is 49.0. The van der Waals surface area contributed by atoms with Gasteiger partial charge in [-0.2, -0.15) is 18.3 Å². The second-order valence-electron chi connectivity index (χ2n) is 7.97. The molecule has 0 aliphatic carbocycles. The van der Waals surface area contributed by atoms with Crippen LogP contribution in [0.15, 0.2) is 60.9 Å². The quantitative estimate of drug-likeness (QED) is 0.289. The van der Waals surface area contributed by atoms with E-state index in [9.17, 15) is 18.0 Å². The Balaban J connectivity index is 1.48. The Bertz CT molecular complexity index is 1670. The monoisotopic (exact) mass is 561 g/mol. The Morgan fingerprint density at radius 3 is 2.61 bits per heavy atom. The van der Waals surface area contributed by atoms with E-state index >= 15 is 0 Å². The second kappa shape index (κ2) is 9.95. The first-order valence-corrected chi connectivity index (χ1v) is 11.6. The third-order valence-electron chi connectivity index (χ3n) is 5.46. The number of amides is 1. The maximum Gasteiger partial charge on any atom is 0.433 e. The molecular formula is C24H16Cl2F3N7O2. The van der Waals surface area contributed by atoms with Gasteiger partial charge in [-0.1, -0.05) is 53.5 Å². The van der Waals surface area contributed by atoms with Crippen molar-refractivity contribution in [3.8, 4) is 17.0 Å². The maximum atomic E-state index is 14.0. The lowest BCUT2D eigenvalue weighted by atomic mass is 10.1. The minimum atomic E-state index is -4.82. The predicted molar refractivity (Wildman–Crippen MR) is 134 cm³/mol. The van der Waals surface area contributed by atoms with Crippen LogP contribution in [0.2, 0.25) is 10.0 Å². The van der Waals surface area contributed by atoms with Crippen molar-refractivity contribution >= 4 is 40.7 Å². The summed E-state index contributed by atoms with van der Waals surface area (Å²) in [5.74, 6) is -0.581. The molecule has 0 radical (unpaired) electrons. The van der Waals surface area contributed by atoms with Gasteiger partial charge >= 0.3 is 6.18 Å². The summed E-state index contributed by atoms with van der Waals surface area (Å²) in [6.45, 7) is 0.281.